The van der Waals surface area contributed by atoms with Gasteiger partial charge in [0.25, 0.3) is 5.91 Å². The van der Waals surface area contributed by atoms with E-state index >= 15 is 0 Å². The summed E-state index contributed by atoms with van der Waals surface area (Å²) in [5.41, 5.74) is 3.42. The largest absolute Gasteiger partial charge is 0.391 e. The first kappa shape index (κ1) is 14.7. The van der Waals surface area contributed by atoms with Crippen LogP contribution in [0.4, 0.5) is 0 Å². The average molecular weight is 290 g/mol. The van der Waals surface area contributed by atoms with Crippen LogP contribution in [0.1, 0.15) is 27.9 Å². The first-order chi connectivity index (χ1) is 9.58. The lowest BCUT2D eigenvalue weighted by atomic mass is 10.0. The molecule has 2 atom stereocenters. The van der Waals surface area contributed by atoms with Crippen molar-refractivity contribution in [2.24, 2.45) is 0 Å². The van der Waals surface area contributed by atoms with Crippen LogP contribution in [0, 0.1) is 6.92 Å². The van der Waals surface area contributed by atoms with Crippen molar-refractivity contribution in [3.05, 3.63) is 52.0 Å². The molecule has 1 aromatic carbocycles. The molecule has 0 saturated carbocycles. The van der Waals surface area contributed by atoms with E-state index in [1.807, 2.05) is 37.3 Å². The summed E-state index contributed by atoms with van der Waals surface area (Å²) in [6.07, 6.45) is -0.0983. The number of nitrogens with one attached hydrogen (secondary N) is 1. The molecule has 2 aromatic rings. The minimum absolute atomic E-state index is 0.176. The molecule has 1 heterocycles. The Morgan fingerprint density at radius 3 is 2.70 bits per heavy atom. The molecule has 0 saturated heterocycles. The van der Waals surface area contributed by atoms with Crippen LogP contribution in [0.15, 0.2) is 35.8 Å². The Labute approximate surface area is 122 Å². The highest BCUT2D eigenvalue weighted by atomic mass is 32.1. The smallest absolute Gasteiger partial charge is 0.263 e. The fraction of sp³-hybridized carbons (Fsp3) is 0.333. The highest BCUT2D eigenvalue weighted by molar-refractivity contribution is 7.11. The number of hydrogen-bond acceptors (Lipinski definition) is 4. The Balaban J connectivity index is 1.93. The Hall–Kier alpha value is -1.72. The van der Waals surface area contributed by atoms with Gasteiger partial charge in [0.1, 0.15) is 4.88 Å². The number of aliphatic hydroxyl groups is 1. The van der Waals surface area contributed by atoms with Crippen LogP contribution < -0.4 is 5.32 Å². The van der Waals surface area contributed by atoms with Crippen molar-refractivity contribution in [2.45, 2.75) is 32.4 Å². The second kappa shape index (κ2) is 6.63. The van der Waals surface area contributed by atoms with E-state index in [9.17, 15) is 9.90 Å². The van der Waals surface area contributed by atoms with E-state index in [1.165, 1.54) is 11.3 Å². The summed E-state index contributed by atoms with van der Waals surface area (Å²) < 4.78 is 0. The van der Waals surface area contributed by atoms with Crippen LogP contribution >= 0.6 is 11.3 Å². The van der Waals surface area contributed by atoms with Gasteiger partial charge in [-0.1, -0.05) is 30.3 Å². The summed E-state index contributed by atoms with van der Waals surface area (Å²) in [6, 6.07) is 9.42. The number of aryl methyl sites for hydroxylation is 1. The SMILES string of the molecule is Cc1ncsc1C(=O)NC(C)C(O)Cc1ccccc1. The molecule has 2 N–H and O–H groups in total. The third kappa shape index (κ3) is 3.65. The van der Waals surface area contributed by atoms with E-state index in [1.54, 1.807) is 12.4 Å². The second-order valence-corrected chi connectivity index (χ2v) is 5.64. The van der Waals surface area contributed by atoms with E-state index in [4.69, 9.17) is 0 Å². The molecule has 0 bridgehead atoms. The van der Waals surface area contributed by atoms with Gasteiger partial charge >= 0.3 is 0 Å². The zero-order valence-electron chi connectivity index (χ0n) is 11.5. The minimum Gasteiger partial charge on any atom is -0.391 e. The van der Waals surface area contributed by atoms with E-state index in [2.05, 4.69) is 10.3 Å². The summed E-state index contributed by atoms with van der Waals surface area (Å²) in [5.74, 6) is -0.176. The van der Waals surface area contributed by atoms with Crippen LogP contribution in [0.3, 0.4) is 0 Å². The number of carbonyl (C=O) groups is 1. The lowest BCUT2D eigenvalue weighted by molar-refractivity contribution is 0.0855. The molecule has 1 amide bonds. The van der Waals surface area contributed by atoms with Crippen LogP contribution in [0.25, 0.3) is 0 Å². The van der Waals surface area contributed by atoms with Gasteiger partial charge in [0.15, 0.2) is 0 Å². The number of aliphatic hydroxyl groups excluding tert-OH is 1. The maximum atomic E-state index is 12.0. The van der Waals surface area contributed by atoms with Gasteiger partial charge in [0, 0.05) is 6.42 Å². The van der Waals surface area contributed by atoms with Gasteiger partial charge < -0.3 is 10.4 Å². The molecule has 0 aliphatic heterocycles. The van der Waals surface area contributed by atoms with E-state index in [0.717, 1.165) is 11.3 Å². The minimum atomic E-state index is -0.616. The van der Waals surface area contributed by atoms with Crippen LogP contribution in [0.5, 0.6) is 0 Å². The van der Waals surface area contributed by atoms with Crippen molar-refractivity contribution in [3.8, 4) is 0 Å². The number of carbonyl (C=O) groups excluding carboxylic acids is 1. The predicted molar refractivity (Wildman–Crippen MR) is 79.9 cm³/mol. The summed E-state index contributed by atoms with van der Waals surface area (Å²) in [5, 5.41) is 13.0. The van der Waals surface area contributed by atoms with E-state index in [0.29, 0.717) is 11.3 Å². The highest BCUT2D eigenvalue weighted by Crippen LogP contribution is 2.13. The number of benzene rings is 1. The summed E-state index contributed by atoms with van der Waals surface area (Å²) in [7, 11) is 0. The summed E-state index contributed by atoms with van der Waals surface area (Å²) >= 11 is 1.31. The third-order valence-corrected chi connectivity index (χ3v) is 4.10. The lowest BCUT2D eigenvalue weighted by Gasteiger charge is -2.20. The highest BCUT2D eigenvalue weighted by Gasteiger charge is 2.19. The average Bonchev–Trinajstić information content (AvgIpc) is 2.86. The van der Waals surface area contributed by atoms with Crippen molar-refractivity contribution in [3.63, 3.8) is 0 Å². The fourth-order valence-electron chi connectivity index (χ4n) is 1.92. The molecule has 0 radical (unpaired) electrons. The summed E-state index contributed by atoms with van der Waals surface area (Å²) in [4.78, 5) is 16.7. The number of hydrogen-bond donors (Lipinski definition) is 2. The molecular formula is C15H18N2O2S. The first-order valence-electron chi connectivity index (χ1n) is 6.51. The number of aromatic nitrogens is 1. The quantitative estimate of drug-likeness (QED) is 0.887. The van der Waals surface area contributed by atoms with Crippen molar-refractivity contribution in [1.29, 1.82) is 0 Å². The normalized spacial score (nSPS) is 13.8. The summed E-state index contributed by atoms with van der Waals surface area (Å²) in [6.45, 7) is 3.61. The Morgan fingerprint density at radius 1 is 1.40 bits per heavy atom. The van der Waals surface area contributed by atoms with Gasteiger partial charge in [-0.25, -0.2) is 4.98 Å². The van der Waals surface area contributed by atoms with E-state index < -0.39 is 6.10 Å². The molecule has 0 aliphatic carbocycles. The molecule has 4 nitrogen and oxygen atoms in total. The van der Waals surface area contributed by atoms with Crippen molar-refractivity contribution in [1.82, 2.24) is 10.3 Å². The third-order valence-electron chi connectivity index (χ3n) is 3.18. The molecule has 5 heteroatoms. The second-order valence-electron chi connectivity index (χ2n) is 4.79. The topological polar surface area (TPSA) is 62.2 Å². The van der Waals surface area contributed by atoms with Gasteiger partial charge in [-0.3, -0.25) is 4.79 Å². The Bertz CT molecular complexity index is 568. The first-order valence-corrected chi connectivity index (χ1v) is 7.39. The lowest BCUT2D eigenvalue weighted by Crippen LogP contribution is -2.42. The van der Waals surface area contributed by atoms with Gasteiger partial charge in [0.2, 0.25) is 0 Å². The molecule has 106 valence electrons. The Morgan fingerprint density at radius 2 is 2.10 bits per heavy atom. The zero-order valence-corrected chi connectivity index (χ0v) is 12.4. The fourth-order valence-corrected chi connectivity index (χ4v) is 2.63. The maximum absolute atomic E-state index is 12.0. The number of nitrogens with zero attached hydrogens (tertiary/aromatic N) is 1. The van der Waals surface area contributed by atoms with Crippen molar-refractivity contribution >= 4 is 17.2 Å². The van der Waals surface area contributed by atoms with Crippen LogP contribution in [0.2, 0.25) is 0 Å². The molecule has 20 heavy (non-hydrogen) atoms. The monoisotopic (exact) mass is 290 g/mol. The van der Waals surface area contributed by atoms with Crippen LogP contribution in [-0.2, 0) is 6.42 Å². The zero-order chi connectivity index (χ0) is 14.5. The molecular weight excluding hydrogens is 272 g/mol. The molecule has 2 unspecified atom stereocenters. The van der Waals surface area contributed by atoms with Gasteiger partial charge in [-0.15, -0.1) is 11.3 Å². The van der Waals surface area contributed by atoms with Gasteiger partial charge in [0.05, 0.1) is 23.4 Å². The molecule has 0 spiro atoms. The molecule has 2 rings (SSSR count). The van der Waals surface area contributed by atoms with Gasteiger partial charge in [-0.05, 0) is 19.4 Å². The molecule has 0 aliphatic rings. The predicted octanol–water partition coefficient (Wildman–Crippen LogP) is 2.17. The maximum Gasteiger partial charge on any atom is 0.263 e. The van der Waals surface area contributed by atoms with Crippen LogP contribution in [-0.4, -0.2) is 28.1 Å². The molecule has 0 fully saturated rings. The van der Waals surface area contributed by atoms with Gasteiger partial charge in [-0.2, -0.15) is 0 Å². The number of rotatable bonds is 5. The standard InChI is InChI=1S/C15H18N2O2S/c1-10(13(18)8-12-6-4-3-5-7-12)17-15(19)14-11(2)16-9-20-14/h3-7,9-10,13,18H,8H2,1-2H3,(H,17,19). The number of amides is 1. The van der Waals surface area contributed by atoms with E-state index in [-0.39, 0.29) is 11.9 Å². The number of thiazole rings is 1. The molecule has 1 aromatic heterocycles. The van der Waals surface area contributed by atoms with Crippen molar-refractivity contribution < 1.29 is 9.90 Å². The van der Waals surface area contributed by atoms with Crippen molar-refractivity contribution in [2.75, 3.05) is 0 Å². The Kier molecular flexibility index (Phi) is 4.87.